The first kappa shape index (κ1) is 20.1. The number of hydrogen-bond donors (Lipinski definition) is 2. The number of alkyl halides is 3. The first-order chi connectivity index (χ1) is 13.3. The standard InChI is InChI=1S/C20H22F3N3O2/c21-20(22,23)17-4-1-14(2-5-17)15-7-10-26(11-8-15)12-9-24-19(28)16-3-6-18(27)25-13-16/h1-6,13,15H,7-12H2,(H,24,28)(H,25,27). The second kappa shape index (κ2) is 8.60. The van der Waals surface area contributed by atoms with Crippen molar-refractivity contribution in [2.75, 3.05) is 26.2 Å². The molecule has 0 aliphatic carbocycles. The van der Waals surface area contributed by atoms with Crippen LogP contribution in [0, 0.1) is 0 Å². The number of benzene rings is 1. The second-order valence-corrected chi connectivity index (χ2v) is 6.93. The van der Waals surface area contributed by atoms with Crippen molar-refractivity contribution in [1.29, 1.82) is 0 Å². The third-order valence-electron chi connectivity index (χ3n) is 5.06. The molecule has 0 unspecified atom stereocenters. The zero-order valence-corrected chi connectivity index (χ0v) is 15.3. The van der Waals surface area contributed by atoms with E-state index in [4.69, 9.17) is 0 Å². The Morgan fingerprint density at radius 1 is 1.11 bits per heavy atom. The summed E-state index contributed by atoms with van der Waals surface area (Å²) in [6.45, 7) is 2.86. The van der Waals surface area contributed by atoms with Crippen LogP contribution in [0.1, 0.15) is 40.2 Å². The van der Waals surface area contributed by atoms with Crippen LogP contribution in [0.15, 0.2) is 47.4 Å². The number of piperidine rings is 1. The molecule has 1 aliphatic heterocycles. The van der Waals surface area contributed by atoms with Gasteiger partial charge in [-0.1, -0.05) is 12.1 Å². The quantitative estimate of drug-likeness (QED) is 0.821. The Kier molecular flexibility index (Phi) is 6.18. The van der Waals surface area contributed by atoms with Crippen LogP contribution in [0.4, 0.5) is 13.2 Å². The number of pyridine rings is 1. The molecule has 0 atom stereocenters. The molecule has 5 nitrogen and oxygen atoms in total. The summed E-state index contributed by atoms with van der Waals surface area (Å²) in [4.78, 5) is 27.7. The largest absolute Gasteiger partial charge is 0.416 e. The van der Waals surface area contributed by atoms with Crippen molar-refractivity contribution in [1.82, 2.24) is 15.2 Å². The van der Waals surface area contributed by atoms with E-state index in [0.717, 1.165) is 43.6 Å². The number of likely N-dealkylation sites (tertiary alicyclic amines) is 1. The van der Waals surface area contributed by atoms with Crippen molar-refractivity contribution >= 4 is 5.91 Å². The Balaban J connectivity index is 1.42. The normalized spacial score (nSPS) is 16.1. The summed E-state index contributed by atoms with van der Waals surface area (Å²) in [6, 6.07) is 8.23. The van der Waals surface area contributed by atoms with Gasteiger partial charge >= 0.3 is 6.18 Å². The van der Waals surface area contributed by atoms with Gasteiger partial charge in [-0.2, -0.15) is 13.2 Å². The van der Waals surface area contributed by atoms with Gasteiger partial charge in [0.1, 0.15) is 0 Å². The van der Waals surface area contributed by atoms with Gasteiger partial charge in [-0.15, -0.1) is 0 Å². The molecule has 1 amide bonds. The third-order valence-corrected chi connectivity index (χ3v) is 5.06. The molecule has 2 aromatic rings. The molecule has 3 rings (SSSR count). The monoisotopic (exact) mass is 393 g/mol. The molecule has 0 radical (unpaired) electrons. The van der Waals surface area contributed by atoms with E-state index in [1.165, 1.54) is 18.3 Å². The predicted molar refractivity (Wildman–Crippen MR) is 99.3 cm³/mol. The van der Waals surface area contributed by atoms with Crippen molar-refractivity contribution < 1.29 is 18.0 Å². The molecule has 1 aromatic heterocycles. The number of nitrogens with one attached hydrogen (secondary N) is 2. The molecule has 0 spiro atoms. The van der Waals surface area contributed by atoms with E-state index in [2.05, 4.69) is 15.2 Å². The molecule has 2 N–H and O–H groups in total. The Hall–Kier alpha value is -2.61. The molecule has 28 heavy (non-hydrogen) atoms. The molecule has 1 aliphatic rings. The number of nitrogens with zero attached hydrogens (tertiary/aromatic N) is 1. The lowest BCUT2D eigenvalue weighted by Crippen LogP contribution is -2.39. The highest BCUT2D eigenvalue weighted by atomic mass is 19.4. The molecule has 2 heterocycles. The van der Waals surface area contributed by atoms with E-state index < -0.39 is 11.7 Å². The first-order valence-electron chi connectivity index (χ1n) is 9.19. The van der Waals surface area contributed by atoms with Crippen LogP contribution in [-0.2, 0) is 6.18 Å². The van der Waals surface area contributed by atoms with Crippen LogP contribution in [0.25, 0.3) is 0 Å². The summed E-state index contributed by atoms with van der Waals surface area (Å²) in [5.41, 5.74) is 0.471. The van der Waals surface area contributed by atoms with Gasteiger partial charge in [0.2, 0.25) is 5.56 Å². The molecule has 0 bridgehead atoms. The number of H-pyrrole nitrogens is 1. The summed E-state index contributed by atoms with van der Waals surface area (Å²) in [5.74, 6) is 0.0187. The number of carbonyl (C=O) groups excluding carboxylic acids is 1. The topological polar surface area (TPSA) is 65.2 Å². The highest BCUT2D eigenvalue weighted by Gasteiger charge is 2.30. The van der Waals surface area contributed by atoms with Gasteiger partial charge in [0.25, 0.3) is 5.91 Å². The molecule has 150 valence electrons. The number of aromatic nitrogens is 1. The fourth-order valence-corrected chi connectivity index (χ4v) is 3.42. The lowest BCUT2D eigenvalue weighted by Gasteiger charge is -2.32. The van der Waals surface area contributed by atoms with Gasteiger partial charge in [-0.25, -0.2) is 0 Å². The molecule has 1 saturated heterocycles. The SMILES string of the molecule is O=C(NCCN1CCC(c2ccc(C(F)(F)F)cc2)CC1)c1ccc(=O)[nH]c1. The van der Waals surface area contributed by atoms with E-state index in [1.807, 2.05) is 0 Å². The van der Waals surface area contributed by atoms with E-state index in [1.54, 1.807) is 12.1 Å². The fraction of sp³-hybridized carbons (Fsp3) is 0.400. The van der Waals surface area contributed by atoms with E-state index in [-0.39, 0.29) is 17.4 Å². The first-order valence-corrected chi connectivity index (χ1v) is 9.19. The highest BCUT2D eigenvalue weighted by Crippen LogP contribution is 2.32. The maximum atomic E-state index is 12.7. The number of carbonyl (C=O) groups is 1. The molecule has 1 aromatic carbocycles. The Bertz CT molecular complexity index is 834. The molecular formula is C20H22F3N3O2. The van der Waals surface area contributed by atoms with Gasteiger partial charge in [0.15, 0.2) is 0 Å². The Labute approximate surface area is 160 Å². The summed E-state index contributed by atoms with van der Waals surface area (Å²) in [7, 11) is 0. The highest BCUT2D eigenvalue weighted by molar-refractivity contribution is 5.93. The molecule has 0 saturated carbocycles. The summed E-state index contributed by atoms with van der Waals surface area (Å²) >= 11 is 0. The average Bonchev–Trinajstić information content (AvgIpc) is 2.68. The van der Waals surface area contributed by atoms with Crippen molar-refractivity contribution in [3.8, 4) is 0 Å². The minimum absolute atomic E-state index is 0.240. The third kappa shape index (κ3) is 5.22. The van der Waals surface area contributed by atoms with Crippen molar-refractivity contribution in [2.45, 2.75) is 24.9 Å². The number of amides is 1. The Morgan fingerprint density at radius 2 is 1.79 bits per heavy atom. The second-order valence-electron chi connectivity index (χ2n) is 6.93. The zero-order chi connectivity index (χ0) is 20.1. The maximum absolute atomic E-state index is 12.7. The van der Waals surface area contributed by atoms with Crippen LogP contribution in [0.2, 0.25) is 0 Å². The molecule has 1 fully saturated rings. The minimum Gasteiger partial charge on any atom is -0.351 e. The van der Waals surface area contributed by atoms with Gasteiger partial charge in [0, 0.05) is 25.4 Å². The van der Waals surface area contributed by atoms with Crippen LogP contribution < -0.4 is 10.9 Å². The van der Waals surface area contributed by atoms with E-state index in [0.29, 0.717) is 18.7 Å². The summed E-state index contributed by atoms with van der Waals surface area (Å²) in [5, 5.41) is 2.82. The van der Waals surface area contributed by atoms with Crippen LogP contribution in [0.3, 0.4) is 0 Å². The van der Waals surface area contributed by atoms with Crippen LogP contribution in [0.5, 0.6) is 0 Å². The number of halogens is 3. The van der Waals surface area contributed by atoms with Gasteiger partial charge in [-0.3, -0.25) is 9.59 Å². The van der Waals surface area contributed by atoms with Crippen molar-refractivity contribution in [3.05, 3.63) is 69.6 Å². The number of rotatable bonds is 5. The van der Waals surface area contributed by atoms with Crippen LogP contribution in [-0.4, -0.2) is 42.0 Å². The summed E-state index contributed by atoms with van der Waals surface area (Å²) in [6.07, 6.45) is -1.17. The van der Waals surface area contributed by atoms with Crippen LogP contribution >= 0.6 is 0 Å². The van der Waals surface area contributed by atoms with Gasteiger partial charge in [0.05, 0.1) is 11.1 Å². The van der Waals surface area contributed by atoms with E-state index >= 15 is 0 Å². The lowest BCUT2D eigenvalue weighted by atomic mass is 9.89. The number of aromatic amines is 1. The zero-order valence-electron chi connectivity index (χ0n) is 15.3. The van der Waals surface area contributed by atoms with Gasteiger partial charge in [-0.05, 0) is 55.6 Å². The maximum Gasteiger partial charge on any atom is 0.416 e. The minimum atomic E-state index is -4.30. The van der Waals surface area contributed by atoms with Crippen molar-refractivity contribution in [3.63, 3.8) is 0 Å². The predicted octanol–water partition coefficient (Wildman–Crippen LogP) is 3.00. The Morgan fingerprint density at radius 3 is 2.36 bits per heavy atom. The smallest absolute Gasteiger partial charge is 0.351 e. The van der Waals surface area contributed by atoms with Crippen molar-refractivity contribution in [2.24, 2.45) is 0 Å². The fourth-order valence-electron chi connectivity index (χ4n) is 3.42. The lowest BCUT2D eigenvalue weighted by molar-refractivity contribution is -0.137. The van der Waals surface area contributed by atoms with E-state index in [9.17, 15) is 22.8 Å². The molecular weight excluding hydrogens is 371 g/mol. The number of hydrogen-bond acceptors (Lipinski definition) is 3. The van der Waals surface area contributed by atoms with Gasteiger partial charge < -0.3 is 15.2 Å². The molecule has 8 heteroatoms. The summed E-state index contributed by atoms with van der Waals surface area (Å²) < 4.78 is 38.0. The average molecular weight is 393 g/mol.